The van der Waals surface area contributed by atoms with Crippen molar-refractivity contribution in [3.8, 4) is 0 Å². The average Bonchev–Trinajstić information content (AvgIpc) is 2.91. The largest absolute Gasteiger partial charge is 0.386 e. The van der Waals surface area contributed by atoms with E-state index in [-0.39, 0.29) is 17.4 Å². The number of hydrogen-bond acceptors (Lipinski definition) is 3. The first-order valence-electron chi connectivity index (χ1n) is 6.95. The first-order valence-corrected chi connectivity index (χ1v) is 6.95. The Balaban J connectivity index is 1.73. The van der Waals surface area contributed by atoms with Gasteiger partial charge in [0.2, 0.25) is 5.91 Å². The zero-order valence-electron chi connectivity index (χ0n) is 11.8. The van der Waals surface area contributed by atoms with Crippen LogP contribution >= 0.6 is 0 Å². The predicted molar refractivity (Wildman–Crippen MR) is 70.9 cm³/mol. The highest BCUT2D eigenvalue weighted by Crippen LogP contribution is 2.44. The van der Waals surface area contributed by atoms with Crippen LogP contribution in [0.1, 0.15) is 46.5 Å². The fourth-order valence-electron chi connectivity index (χ4n) is 2.88. The average molecular weight is 254 g/mol. The summed E-state index contributed by atoms with van der Waals surface area (Å²) in [7, 11) is 0. The molecule has 1 unspecified atom stereocenters. The number of carbonyl (C=O) groups is 1. The molecule has 1 heterocycles. The fraction of sp³-hybridized carbons (Fsp3) is 0.929. The number of likely N-dealkylation sites (tertiary alicyclic amines) is 1. The molecule has 18 heavy (non-hydrogen) atoms. The van der Waals surface area contributed by atoms with Gasteiger partial charge in [-0.2, -0.15) is 0 Å². The molecule has 0 bridgehead atoms. The third-order valence-corrected chi connectivity index (χ3v) is 3.93. The lowest BCUT2D eigenvalue weighted by molar-refractivity contribution is -0.159. The van der Waals surface area contributed by atoms with E-state index in [4.69, 9.17) is 5.73 Å². The van der Waals surface area contributed by atoms with E-state index in [1.807, 2.05) is 0 Å². The molecule has 4 nitrogen and oxygen atoms in total. The summed E-state index contributed by atoms with van der Waals surface area (Å²) in [5.41, 5.74) is 5.58. The first-order chi connectivity index (χ1) is 8.20. The van der Waals surface area contributed by atoms with Crippen LogP contribution in [-0.4, -0.2) is 40.6 Å². The highest BCUT2D eigenvalue weighted by molar-refractivity contribution is 5.78. The van der Waals surface area contributed by atoms with Crippen molar-refractivity contribution in [2.45, 2.75) is 58.1 Å². The van der Waals surface area contributed by atoms with Gasteiger partial charge in [0.1, 0.15) is 5.60 Å². The normalized spacial score (nSPS) is 24.6. The van der Waals surface area contributed by atoms with Crippen molar-refractivity contribution in [1.29, 1.82) is 0 Å². The summed E-state index contributed by atoms with van der Waals surface area (Å²) in [6.07, 6.45) is 3.47. The molecule has 1 atom stereocenters. The van der Waals surface area contributed by atoms with Crippen LogP contribution in [-0.2, 0) is 4.79 Å². The summed E-state index contributed by atoms with van der Waals surface area (Å²) in [5.74, 6) is 0.530. The number of β-amino-alcohol motifs (C(OH)–C–C–N with tert-alkyl or cyclic N) is 1. The fourth-order valence-corrected chi connectivity index (χ4v) is 2.88. The van der Waals surface area contributed by atoms with Crippen molar-refractivity contribution in [3.63, 3.8) is 0 Å². The minimum Gasteiger partial charge on any atom is -0.386 e. The number of carbonyl (C=O) groups excluding carboxylic acids is 1. The topological polar surface area (TPSA) is 66.6 Å². The molecule has 4 heteroatoms. The molecule has 1 saturated carbocycles. The second-order valence-corrected chi connectivity index (χ2v) is 7.36. The van der Waals surface area contributed by atoms with Crippen molar-refractivity contribution in [3.05, 3.63) is 0 Å². The molecule has 0 radical (unpaired) electrons. The molecule has 2 rings (SSSR count). The Kier molecular flexibility index (Phi) is 3.45. The van der Waals surface area contributed by atoms with Gasteiger partial charge >= 0.3 is 0 Å². The van der Waals surface area contributed by atoms with E-state index in [0.717, 1.165) is 19.3 Å². The van der Waals surface area contributed by atoms with Crippen LogP contribution < -0.4 is 5.73 Å². The van der Waals surface area contributed by atoms with E-state index in [9.17, 15) is 9.90 Å². The number of hydrogen-bond donors (Lipinski definition) is 2. The standard InChI is InChI=1S/C14H26N2O2/c1-13(2,3)7-11(15)6-12(17)16-8-14(18,9-16)10-4-5-10/h10-11,18H,4-9,15H2,1-3H3. The molecule has 104 valence electrons. The van der Waals surface area contributed by atoms with Gasteiger partial charge in [-0.1, -0.05) is 20.8 Å². The summed E-state index contributed by atoms with van der Waals surface area (Å²) in [4.78, 5) is 13.7. The van der Waals surface area contributed by atoms with E-state index < -0.39 is 5.60 Å². The van der Waals surface area contributed by atoms with Crippen LogP contribution in [0, 0.1) is 11.3 Å². The molecule has 0 spiro atoms. The minimum absolute atomic E-state index is 0.0767. The first kappa shape index (κ1) is 13.8. The summed E-state index contributed by atoms with van der Waals surface area (Å²) in [6, 6.07) is -0.0767. The van der Waals surface area contributed by atoms with Crippen LogP contribution in [0.3, 0.4) is 0 Å². The monoisotopic (exact) mass is 254 g/mol. The molecular formula is C14H26N2O2. The zero-order chi connectivity index (χ0) is 13.6. The third-order valence-electron chi connectivity index (χ3n) is 3.93. The van der Waals surface area contributed by atoms with Gasteiger partial charge in [0.25, 0.3) is 0 Å². The Hall–Kier alpha value is -0.610. The van der Waals surface area contributed by atoms with E-state index in [1.165, 1.54) is 0 Å². The quantitative estimate of drug-likeness (QED) is 0.790. The van der Waals surface area contributed by atoms with Gasteiger partial charge in [-0.3, -0.25) is 4.79 Å². The van der Waals surface area contributed by atoms with Gasteiger partial charge in [-0.25, -0.2) is 0 Å². The summed E-state index contributed by atoms with van der Waals surface area (Å²) >= 11 is 0. The Morgan fingerprint density at radius 1 is 1.44 bits per heavy atom. The zero-order valence-corrected chi connectivity index (χ0v) is 11.8. The third kappa shape index (κ3) is 3.23. The predicted octanol–water partition coefficient (Wildman–Crippen LogP) is 1.12. The second-order valence-electron chi connectivity index (χ2n) is 7.36. The summed E-state index contributed by atoms with van der Waals surface area (Å²) in [5, 5.41) is 10.2. The maximum Gasteiger partial charge on any atom is 0.224 e. The number of rotatable bonds is 4. The molecule has 1 aliphatic heterocycles. The molecule has 1 saturated heterocycles. The van der Waals surface area contributed by atoms with E-state index in [0.29, 0.717) is 25.4 Å². The van der Waals surface area contributed by atoms with Crippen LogP contribution in [0.5, 0.6) is 0 Å². The summed E-state index contributed by atoms with van der Waals surface area (Å²) in [6.45, 7) is 7.42. The van der Waals surface area contributed by atoms with Gasteiger partial charge in [0.15, 0.2) is 0 Å². The smallest absolute Gasteiger partial charge is 0.224 e. The van der Waals surface area contributed by atoms with Crippen LogP contribution in [0.2, 0.25) is 0 Å². The van der Waals surface area contributed by atoms with Gasteiger partial charge in [0.05, 0.1) is 13.1 Å². The highest BCUT2D eigenvalue weighted by atomic mass is 16.3. The molecule has 1 aliphatic carbocycles. The van der Waals surface area contributed by atoms with Crippen molar-refractivity contribution in [2.24, 2.45) is 17.1 Å². The van der Waals surface area contributed by atoms with Gasteiger partial charge in [0, 0.05) is 12.5 Å². The van der Waals surface area contributed by atoms with Crippen molar-refractivity contribution in [1.82, 2.24) is 4.90 Å². The molecule has 0 aromatic rings. The molecule has 2 fully saturated rings. The van der Waals surface area contributed by atoms with Gasteiger partial charge in [-0.15, -0.1) is 0 Å². The van der Waals surface area contributed by atoms with Crippen molar-refractivity contribution >= 4 is 5.91 Å². The van der Waals surface area contributed by atoms with E-state index in [2.05, 4.69) is 20.8 Å². The Morgan fingerprint density at radius 2 is 2.00 bits per heavy atom. The number of amides is 1. The molecular weight excluding hydrogens is 228 g/mol. The Bertz CT molecular complexity index is 325. The number of nitrogens with zero attached hydrogens (tertiary/aromatic N) is 1. The van der Waals surface area contributed by atoms with Gasteiger partial charge in [-0.05, 0) is 30.6 Å². The second kappa shape index (κ2) is 4.49. The van der Waals surface area contributed by atoms with E-state index >= 15 is 0 Å². The van der Waals surface area contributed by atoms with Gasteiger partial charge < -0.3 is 15.7 Å². The SMILES string of the molecule is CC(C)(C)CC(N)CC(=O)N1CC(O)(C2CC2)C1. The maximum absolute atomic E-state index is 12.0. The van der Waals surface area contributed by atoms with E-state index in [1.54, 1.807) is 4.90 Å². The van der Waals surface area contributed by atoms with Crippen molar-refractivity contribution in [2.75, 3.05) is 13.1 Å². The van der Waals surface area contributed by atoms with Crippen LogP contribution in [0.4, 0.5) is 0 Å². The van der Waals surface area contributed by atoms with Crippen LogP contribution in [0.25, 0.3) is 0 Å². The lowest BCUT2D eigenvalue weighted by Gasteiger charge is -2.47. The molecule has 0 aromatic carbocycles. The molecule has 3 N–H and O–H groups in total. The molecule has 0 aromatic heterocycles. The molecule has 2 aliphatic rings. The molecule has 1 amide bonds. The highest BCUT2D eigenvalue weighted by Gasteiger charge is 2.53. The number of nitrogens with two attached hydrogens (primary N) is 1. The Morgan fingerprint density at radius 3 is 2.44 bits per heavy atom. The maximum atomic E-state index is 12.0. The minimum atomic E-state index is -0.580. The number of aliphatic hydroxyl groups is 1. The lowest BCUT2D eigenvalue weighted by Crippen LogP contribution is -2.65. The lowest BCUT2D eigenvalue weighted by atomic mass is 9.85. The Labute approximate surface area is 110 Å². The van der Waals surface area contributed by atoms with Crippen LogP contribution in [0.15, 0.2) is 0 Å². The van der Waals surface area contributed by atoms with Crippen molar-refractivity contribution < 1.29 is 9.90 Å². The summed E-state index contributed by atoms with van der Waals surface area (Å²) < 4.78 is 0.